The smallest absolute Gasteiger partial charge is 0.303 e. The van der Waals surface area contributed by atoms with Crippen LogP contribution in [0.5, 0.6) is 0 Å². The molecule has 53 heavy (non-hydrogen) atoms. The number of amides is 6. The first-order valence-corrected chi connectivity index (χ1v) is 16.6. The highest BCUT2D eigenvalue weighted by Crippen LogP contribution is 2.06. The van der Waals surface area contributed by atoms with Gasteiger partial charge in [0.25, 0.3) is 0 Å². The Balaban J connectivity index is 2.06. The molecule has 0 unspecified atom stereocenters. The molecule has 0 aliphatic heterocycles. The Morgan fingerprint density at radius 1 is 0.811 bits per heavy atom. The van der Waals surface area contributed by atoms with Crippen LogP contribution in [0.2, 0.25) is 0 Å². The summed E-state index contributed by atoms with van der Waals surface area (Å²) in [7, 11) is 0. The number of aliphatic hydroxyl groups is 2. The number of aliphatic hydroxyl groups excluding tert-OH is 2. The van der Waals surface area contributed by atoms with Crippen LogP contribution in [0.3, 0.4) is 0 Å². The quantitative estimate of drug-likeness (QED) is 0.0512. The Bertz CT molecular complexity index is 1550. The number of carboxylic acid groups (broad SMARTS) is 1. The maximum atomic E-state index is 13.3. The van der Waals surface area contributed by atoms with Crippen molar-refractivity contribution in [3.63, 3.8) is 0 Å². The predicted molar refractivity (Wildman–Crippen MR) is 185 cm³/mol. The number of rotatable bonds is 22. The Hall–Kier alpha value is -5.73. The molecule has 1 aromatic heterocycles. The van der Waals surface area contributed by atoms with E-state index < -0.39 is 109 Å². The van der Waals surface area contributed by atoms with E-state index in [1.54, 1.807) is 30.3 Å². The molecule has 0 spiro atoms. The molecule has 1 aromatic carbocycles. The first kappa shape index (κ1) is 43.4. The van der Waals surface area contributed by atoms with Gasteiger partial charge in [0.05, 0.1) is 31.1 Å². The summed E-state index contributed by atoms with van der Waals surface area (Å²) < 4.78 is 0. The summed E-state index contributed by atoms with van der Waals surface area (Å²) in [6, 6.07) is 0.530. The summed E-state index contributed by atoms with van der Waals surface area (Å²) in [5.74, 6) is -6.59. The van der Waals surface area contributed by atoms with Crippen molar-refractivity contribution in [2.24, 2.45) is 5.73 Å². The van der Waals surface area contributed by atoms with Gasteiger partial charge in [0, 0.05) is 31.2 Å². The number of aromatic amines is 1. The van der Waals surface area contributed by atoms with Gasteiger partial charge in [0.15, 0.2) is 0 Å². The Kier molecular flexibility index (Phi) is 17.7. The molecule has 0 aliphatic carbocycles. The minimum Gasteiger partial charge on any atom is -0.481 e. The summed E-state index contributed by atoms with van der Waals surface area (Å²) in [5.41, 5.74) is 7.08. The highest BCUT2D eigenvalue weighted by molar-refractivity contribution is 5.96. The topological polar surface area (TPSA) is 324 Å². The van der Waals surface area contributed by atoms with Gasteiger partial charge >= 0.3 is 5.97 Å². The fourth-order valence-corrected chi connectivity index (χ4v) is 4.72. The van der Waals surface area contributed by atoms with Crippen molar-refractivity contribution in [1.82, 2.24) is 41.9 Å². The van der Waals surface area contributed by atoms with Crippen molar-refractivity contribution in [3.05, 3.63) is 54.1 Å². The van der Waals surface area contributed by atoms with E-state index in [2.05, 4.69) is 41.9 Å². The average molecular weight is 746 g/mol. The lowest BCUT2D eigenvalue weighted by Crippen LogP contribution is -2.60. The van der Waals surface area contributed by atoms with Crippen LogP contribution in [-0.4, -0.2) is 128 Å². The van der Waals surface area contributed by atoms with E-state index in [1.165, 1.54) is 33.3 Å². The largest absolute Gasteiger partial charge is 0.481 e. The standard InChI is InChI=1S/C33H47N9O11/c1-17(38-30(50)22(34)12-21-13-35-16-37-21)29(49)39-23(9-10-27(47)48)31(51)36-14-26(46)42-28(19(3)45)33(53)40-24(11-20-7-5-4-6-8-20)32(52)41-25(15-43)18(2)44/h4-8,13,15-19,22-25,28,44-45H,9-12,14,34H2,1-3H3,(H,35,37)(H,36,51)(H,38,50)(H,39,49)(H,40,53)(H,41,52)(H,42,46)(H,47,48)/t17-,18+,19+,22-,23-,24-,25+,28-/m0/s1. The number of benzene rings is 1. The second-order valence-electron chi connectivity index (χ2n) is 12.3. The molecule has 6 amide bonds. The number of aliphatic carboxylic acids is 1. The lowest BCUT2D eigenvalue weighted by molar-refractivity contribution is -0.138. The van der Waals surface area contributed by atoms with Crippen LogP contribution < -0.4 is 37.6 Å². The Morgan fingerprint density at radius 2 is 1.47 bits per heavy atom. The molecule has 0 bridgehead atoms. The first-order chi connectivity index (χ1) is 25.0. The lowest BCUT2D eigenvalue weighted by Gasteiger charge is -2.26. The van der Waals surface area contributed by atoms with Gasteiger partial charge in [0.2, 0.25) is 35.4 Å². The molecule has 20 heteroatoms. The van der Waals surface area contributed by atoms with E-state index in [0.717, 1.165) is 0 Å². The number of hydrogen-bond donors (Lipinski definition) is 11. The zero-order valence-electron chi connectivity index (χ0n) is 29.4. The minimum atomic E-state index is -1.64. The predicted octanol–water partition coefficient (Wildman–Crippen LogP) is -4.09. The summed E-state index contributed by atoms with van der Waals surface area (Å²) in [4.78, 5) is 107. The molecule has 0 fully saturated rings. The molecule has 0 saturated carbocycles. The molecule has 0 saturated heterocycles. The van der Waals surface area contributed by atoms with Gasteiger partial charge in [0.1, 0.15) is 36.5 Å². The maximum Gasteiger partial charge on any atom is 0.303 e. The van der Waals surface area contributed by atoms with Gasteiger partial charge in [-0.3, -0.25) is 33.6 Å². The number of nitrogens with one attached hydrogen (secondary N) is 7. The zero-order valence-corrected chi connectivity index (χ0v) is 29.4. The van der Waals surface area contributed by atoms with Crippen molar-refractivity contribution in [2.45, 2.75) is 94.9 Å². The van der Waals surface area contributed by atoms with Crippen molar-refractivity contribution in [3.8, 4) is 0 Å². The Morgan fingerprint density at radius 3 is 2.04 bits per heavy atom. The highest BCUT2D eigenvalue weighted by Gasteiger charge is 2.32. The second kappa shape index (κ2) is 21.6. The van der Waals surface area contributed by atoms with Gasteiger partial charge < -0.3 is 62.7 Å². The minimum absolute atomic E-state index is 0.0654. The van der Waals surface area contributed by atoms with Crippen LogP contribution in [0.15, 0.2) is 42.9 Å². The van der Waals surface area contributed by atoms with Crippen molar-refractivity contribution in [1.29, 1.82) is 0 Å². The number of aromatic nitrogens is 2. The van der Waals surface area contributed by atoms with Crippen molar-refractivity contribution >= 4 is 47.7 Å². The number of nitrogens with zero attached hydrogens (tertiary/aromatic N) is 1. The average Bonchev–Trinajstić information content (AvgIpc) is 3.62. The summed E-state index contributed by atoms with van der Waals surface area (Å²) in [5, 5.41) is 43.3. The molecule has 8 atom stereocenters. The molecular formula is C33H47N9O11. The molecule has 2 rings (SSSR count). The number of H-pyrrole nitrogens is 1. The maximum absolute atomic E-state index is 13.3. The van der Waals surface area contributed by atoms with Crippen LogP contribution in [-0.2, 0) is 51.2 Å². The molecule has 0 aliphatic rings. The molecule has 12 N–H and O–H groups in total. The van der Waals surface area contributed by atoms with Crippen LogP contribution >= 0.6 is 0 Å². The summed E-state index contributed by atoms with van der Waals surface area (Å²) >= 11 is 0. The molecule has 290 valence electrons. The molecule has 20 nitrogen and oxygen atoms in total. The number of carboxylic acids is 1. The second-order valence-corrected chi connectivity index (χ2v) is 12.3. The number of carbonyl (C=O) groups is 8. The van der Waals surface area contributed by atoms with Crippen LogP contribution in [0, 0.1) is 0 Å². The number of hydrogen-bond acceptors (Lipinski definition) is 12. The lowest BCUT2D eigenvalue weighted by atomic mass is 10.0. The monoisotopic (exact) mass is 745 g/mol. The Labute approximate surface area is 304 Å². The van der Waals surface area contributed by atoms with Crippen LogP contribution in [0.4, 0.5) is 0 Å². The fourth-order valence-electron chi connectivity index (χ4n) is 4.72. The van der Waals surface area contributed by atoms with E-state index in [0.29, 0.717) is 17.5 Å². The fraction of sp³-hybridized carbons (Fsp3) is 0.485. The van der Waals surface area contributed by atoms with Gasteiger partial charge in [-0.05, 0) is 32.8 Å². The van der Waals surface area contributed by atoms with Crippen molar-refractivity contribution < 1.29 is 53.7 Å². The van der Waals surface area contributed by atoms with E-state index in [9.17, 15) is 48.6 Å². The SMILES string of the molecule is C[C@H](NC(=O)[C@@H](N)Cc1cnc[nH]1)C(=O)N[C@@H](CCC(=O)O)C(=O)NCC(=O)N[C@H](C(=O)N[C@@H](Cc1ccccc1)C(=O)N[C@H](C=O)[C@@H](C)O)[C@@H](C)O. The van der Waals surface area contributed by atoms with Gasteiger partial charge in [-0.15, -0.1) is 0 Å². The third kappa shape index (κ3) is 15.2. The number of aldehydes is 1. The summed E-state index contributed by atoms with van der Waals surface area (Å²) in [6.07, 6.45) is -0.451. The number of carbonyl (C=O) groups excluding carboxylic acids is 7. The van der Waals surface area contributed by atoms with Gasteiger partial charge in [-0.25, -0.2) is 4.98 Å². The van der Waals surface area contributed by atoms with E-state index in [1.807, 2.05) is 0 Å². The van der Waals surface area contributed by atoms with Crippen molar-refractivity contribution in [2.75, 3.05) is 6.54 Å². The first-order valence-electron chi connectivity index (χ1n) is 16.6. The number of nitrogens with two attached hydrogens (primary N) is 1. The molecule has 2 aromatic rings. The third-order valence-corrected chi connectivity index (χ3v) is 7.76. The summed E-state index contributed by atoms with van der Waals surface area (Å²) in [6.45, 7) is 3.01. The van der Waals surface area contributed by atoms with E-state index in [-0.39, 0.29) is 12.8 Å². The highest BCUT2D eigenvalue weighted by atomic mass is 16.4. The van der Waals surface area contributed by atoms with E-state index >= 15 is 0 Å². The van der Waals surface area contributed by atoms with Gasteiger partial charge in [-0.1, -0.05) is 30.3 Å². The third-order valence-electron chi connectivity index (χ3n) is 7.76. The van der Waals surface area contributed by atoms with Gasteiger partial charge in [-0.2, -0.15) is 0 Å². The molecule has 1 heterocycles. The molecular weight excluding hydrogens is 698 g/mol. The van der Waals surface area contributed by atoms with Crippen LogP contribution in [0.25, 0.3) is 0 Å². The molecule has 0 radical (unpaired) electrons. The number of imidazole rings is 1. The zero-order chi connectivity index (χ0) is 39.7. The normalized spacial score (nSPS) is 15.4. The van der Waals surface area contributed by atoms with E-state index in [4.69, 9.17) is 10.8 Å². The van der Waals surface area contributed by atoms with Crippen LogP contribution in [0.1, 0.15) is 44.9 Å².